The summed E-state index contributed by atoms with van der Waals surface area (Å²) in [6.45, 7) is 5.92. The zero-order valence-corrected chi connectivity index (χ0v) is 20.7. The Bertz CT molecular complexity index is 1250. The van der Waals surface area contributed by atoms with Crippen molar-refractivity contribution in [3.63, 3.8) is 0 Å². The molecule has 3 N–H and O–H groups in total. The summed E-state index contributed by atoms with van der Waals surface area (Å²) in [7, 11) is 3.12. The second-order valence-corrected chi connectivity index (χ2v) is 9.07. The van der Waals surface area contributed by atoms with Crippen LogP contribution in [-0.2, 0) is 11.2 Å². The third-order valence-corrected chi connectivity index (χ3v) is 5.41. The summed E-state index contributed by atoms with van der Waals surface area (Å²) in [5.74, 6) is 1.20. The number of fused-ring (bicyclic) bond motifs is 1. The number of hydrogen-bond acceptors (Lipinski definition) is 5. The molecule has 0 heterocycles. The van der Waals surface area contributed by atoms with Gasteiger partial charge in [0.05, 0.1) is 20.6 Å². The second kappa shape index (κ2) is 11.3. The Hall–Kier alpha value is -4.25. The van der Waals surface area contributed by atoms with Gasteiger partial charge in [0, 0.05) is 16.5 Å². The highest BCUT2D eigenvalue weighted by Crippen LogP contribution is 2.28. The van der Waals surface area contributed by atoms with Crippen LogP contribution in [0.3, 0.4) is 0 Å². The van der Waals surface area contributed by atoms with Crippen LogP contribution in [0.2, 0.25) is 0 Å². The molecule has 0 aliphatic rings. The largest absolute Gasteiger partial charge is 0.493 e. The van der Waals surface area contributed by atoms with Gasteiger partial charge in [-0.2, -0.15) is 5.26 Å². The van der Waals surface area contributed by atoms with E-state index in [4.69, 9.17) is 9.47 Å². The fourth-order valence-electron chi connectivity index (χ4n) is 3.56. The molecule has 0 saturated carbocycles. The molecule has 3 rings (SSSR count). The third kappa shape index (κ3) is 6.64. The minimum Gasteiger partial charge on any atom is -0.493 e. The number of aliphatic imine (C=N–C) groups is 1. The Labute approximate surface area is 206 Å². The fourth-order valence-corrected chi connectivity index (χ4v) is 3.56. The first-order valence-corrected chi connectivity index (χ1v) is 11.2. The van der Waals surface area contributed by atoms with Crippen LogP contribution in [0.15, 0.2) is 65.7 Å². The molecule has 0 fully saturated rings. The summed E-state index contributed by atoms with van der Waals surface area (Å²) >= 11 is 0. The molecular weight excluding hydrogens is 442 g/mol. The predicted octanol–water partition coefficient (Wildman–Crippen LogP) is 4.43. The van der Waals surface area contributed by atoms with Crippen LogP contribution >= 0.6 is 0 Å². The molecule has 8 nitrogen and oxygen atoms in total. The van der Waals surface area contributed by atoms with Crippen LogP contribution in [0.25, 0.3) is 10.8 Å². The lowest BCUT2D eigenvalue weighted by Crippen LogP contribution is -2.45. The topological polar surface area (TPSA) is 108 Å². The van der Waals surface area contributed by atoms with Gasteiger partial charge in [-0.25, -0.2) is 4.99 Å². The SMILES string of the molecule is COc1ccc(CC(=O)NC(/N=C(\NC#N)Nc2cccc3ccccc23)C(C)(C)C)cc1OC. The van der Waals surface area contributed by atoms with Gasteiger partial charge in [0.15, 0.2) is 17.7 Å². The van der Waals surface area contributed by atoms with Crippen molar-refractivity contribution < 1.29 is 14.3 Å². The maximum absolute atomic E-state index is 12.9. The number of guanidine groups is 1. The van der Waals surface area contributed by atoms with Crippen LogP contribution in [0, 0.1) is 16.9 Å². The van der Waals surface area contributed by atoms with E-state index in [-0.39, 0.29) is 18.3 Å². The van der Waals surface area contributed by atoms with Crippen LogP contribution in [0.4, 0.5) is 5.69 Å². The zero-order valence-electron chi connectivity index (χ0n) is 20.7. The van der Waals surface area contributed by atoms with Crippen molar-refractivity contribution in [1.29, 1.82) is 5.26 Å². The molecule has 35 heavy (non-hydrogen) atoms. The molecule has 8 heteroatoms. The first kappa shape index (κ1) is 25.4. The van der Waals surface area contributed by atoms with E-state index in [1.807, 2.05) is 75.5 Å². The van der Waals surface area contributed by atoms with Crippen LogP contribution in [-0.4, -0.2) is 32.3 Å². The number of hydrogen-bond donors (Lipinski definition) is 3. The highest BCUT2D eigenvalue weighted by molar-refractivity contribution is 6.03. The Balaban J connectivity index is 1.83. The third-order valence-electron chi connectivity index (χ3n) is 5.41. The molecule has 0 aromatic heterocycles. The van der Waals surface area contributed by atoms with Gasteiger partial charge in [-0.05, 0) is 29.1 Å². The van der Waals surface area contributed by atoms with E-state index >= 15 is 0 Å². The number of benzene rings is 3. The number of carbonyl (C=O) groups is 1. The first-order chi connectivity index (χ1) is 16.7. The predicted molar refractivity (Wildman–Crippen MR) is 138 cm³/mol. The minimum absolute atomic E-state index is 0.139. The van der Waals surface area contributed by atoms with Gasteiger partial charge in [0.25, 0.3) is 0 Å². The molecule has 0 spiro atoms. The van der Waals surface area contributed by atoms with E-state index in [1.165, 1.54) is 0 Å². The number of anilines is 1. The normalized spacial score (nSPS) is 12.4. The summed E-state index contributed by atoms with van der Waals surface area (Å²) < 4.78 is 10.6. The Morgan fingerprint density at radius 3 is 2.43 bits per heavy atom. The number of methoxy groups -OCH3 is 2. The van der Waals surface area contributed by atoms with E-state index in [2.05, 4.69) is 20.9 Å². The number of amides is 1. The Morgan fingerprint density at radius 2 is 1.74 bits per heavy atom. The average molecular weight is 474 g/mol. The molecule has 0 saturated heterocycles. The maximum Gasteiger partial charge on any atom is 0.226 e. The summed E-state index contributed by atoms with van der Waals surface area (Å²) in [4.78, 5) is 17.6. The monoisotopic (exact) mass is 473 g/mol. The summed E-state index contributed by atoms with van der Waals surface area (Å²) in [5.41, 5.74) is 1.16. The molecule has 3 aromatic carbocycles. The van der Waals surface area contributed by atoms with Gasteiger partial charge in [0.1, 0.15) is 6.17 Å². The van der Waals surface area contributed by atoms with Crippen molar-refractivity contribution in [2.24, 2.45) is 10.4 Å². The number of rotatable bonds is 7. The standard InChI is InChI=1S/C27H31N5O3/c1-27(2,3)25(31-24(33)16-18-13-14-22(34-4)23(15-18)35-5)32-26(29-17-28)30-21-12-8-10-19-9-6-7-11-20(19)21/h6-15,25H,16H2,1-5H3,(H,31,33)(H2,29,30,32). The van der Waals surface area contributed by atoms with Crippen molar-refractivity contribution in [3.8, 4) is 17.7 Å². The molecule has 3 aromatic rings. The highest BCUT2D eigenvalue weighted by atomic mass is 16.5. The van der Waals surface area contributed by atoms with Gasteiger partial charge in [-0.1, -0.05) is 63.2 Å². The molecule has 1 amide bonds. The zero-order chi connectivity index (χ0) is 25.4. The lowest BCUT2D eigenvalue weighted by Gasteiger charge is -2.29. The Kier molecular flexibility index (Phi) is 8.16. The Morgan fingerprint density at radius 1 is 1.03 bits per heavy atom. The molecule has 182 valence electrons. The lowest BCUT2D eigenvalue weighted by atomic mass is 9.92. The van der Waals surface area contributed by atoms with E-state index in [0.29, 0.717) is 11.5 Å². The van der Waals surface area contributed by atoms with Gasteiger partial charge in [0.2, 0.25) is 11.9 Å². The highest BCUT2D eigenvalue weighted by Gasteiger charge is 2.27. The van der Waals surface area contributed by atoms with Crippen molar-refractivity contribution in [1.82, 2.24) is 10.6 Å². The van der Waals surface area contributed by atoms with Crippen molar-refractivity contribution in [3.05, 3.63) is 66.2 Å². The quantitative estimate of drug-likeness (QED) is 0.203. The summed E-state index contributed by atoms with van der Waals surface area (Å²) in [6.07, 6.45) is 1.46. The van der Waals surface area contributed by atoms with Gasteiger partial charge < -0.3 is 20.1 Å². The molecule has 0 bridgehead atoms. The fraction of sp³-hybridized carbons (Fsp3) is 0.296. The van der Waals surface area contributed by atoms with Crippen molar-refractivity contribution >= 4 is 28.3 Å². The van der Waals surface area contributed by atoms with E-state index < -0.39 is 11.6 Å². The molecule has 1 unspecified atom stereocenters. The molecule has 0 aliphatic heterocycles. The molecule has 0 aliphatic carbocycles. The smallest absolute Gasteiger partial charge is 0.226 e. The summed E-state index contributed by atoms with van der Waals surface area (Å²) in [5, 5.41) is 20.2. The number of nitrogens with zero attached hydrogens (tertiary/aromatic N) is 2. The van der Waals surface area contributed by atoms with E-state index in [0.717, 1.165) is 22.0 Å². The van der Waals surface area contributed by atoms with Crippen LogP contribution < -0.4 is 25.4 Å². The molecule has 1 atom stereocenters. The van der Waals surface area contributed by atoms with E-state index in [1.54, 1.807) is 26.4 Å². The average Bonchev–Trinajstić information content (AvgIpc) is 2.83. The van der Waals surface area contributed by atoms with Crippen molar-refractivity contribution in [2.75, 3.05) is 19.5 Å². The van der Waals surface area contributed by atoms with Crippen LogP contribution in [0.5, 0.6) is 11.5 Å². The van der Waals surface area contributed by atoms with Crippen LogP contribution in [0.1, 0.15) is 26.3 Å². The summed E-state index contributed by atoms with van der Waals surface area (Å²) in [6, 6.07) is 19.2. The van der Waals surface area contributed by atoms with Gasteiger partial charge >= 0.3 is 0 Å². The van der Waals surface area contributed by atoms with Gasteiger partial charge in [-0.3, -0.25) is 10.1 Å². The number of nitrogens with one attached hydrogen (secondary N) is 3. The second-order valence-electron chi connectivity index (χ2n) is 9.07. The minimum atomic E-state index is -0.603. The first-order valence-electron chi connectivity index (χ1n) is 11.2. The lowest BCUT2D eigenvalue weighted by molar-refractivity contribution is -0.121. The van der Waals surface area contributed by atoms with Crippen molar-refractivity contribution in [2.45, 2.75) is 33.4 Å². The van der Waals surface area contributed by atoms with Gasteiger partial charge in [-0.15, -0.1) is 0 Å². The number of ether oxygens (including phenoxy) is 2. The number of nitriles is 1. The van der Waals surface area contributed by atoms with E-state index in [9.17, 15) is 10.1 Å². The maximum atomic E-state index is 12.9. The number of carbonyl (C=O) groups excluding carboxylic acids is 1. The molecule has 0 radical (unpaired) electrons. The molecular formula is C27H31N5O3.